The van der Waals surface area contributed by atoms with Crippen LogP contribution in [0.25, 0.3) is 0 Å². The lowest BCUT2D eigenvalue weighted by Crippen LogP contribution is -2.01. The third-order valence-corrected chi connectivity index (χ3v) is 4.08. The zero-order chi connectivity index (χ0) is 13.1. The molecule has 0 amide bonds. The molecule has 1 heterocycles. The first-order valence-corrected chi connectivity index (χ1v) is 7.41. The van der Waals surface area contributed by atoms with E-state index in [1.54, 1.807) is 13.2 Å². The van der Waals surface area contributed by atoms with Gasteiger partial charge in [-0.2, -0.15) is 4.98 Å². The first-order valence-electron chi connectivity index (χ1n) is 5.03. The molecule has 1 aromatic heterocycles. The summed E-state index contributed by atoms with van der Waals surface area (Å²) in [5.41, 5.74) is 0.916. The highest BCUT2D eigenvalue weighted by molar-refractivity contribution is 9.11. The number of hydrogen-bond acceptors (Lipinski definition) is 4. The number of nitrogens with zero attached hydrogens (tertiary/aromatic N) is 2. The van der Waals surface area contributed by atoms with E-state index in [4.69, 9.17) is 0 Å². The maximum atomic E-state index is 4.35. The number of anilines is 3. The summed E-state index contributed by atoms with van der Waals surface area (Å²) in [5, 5.41) is 6.15. The van der Waals surface area contributed by atoms with Crippen LogP contribution in [0.15, 0.2) is 37.8 Å². The minimum absolute atomic E-state index is 0.559. The summed E-state index contributed by atoms with van der Waals surface area (Å²) >= 11 is 10.4. The molecule has 7 heteroatoms. The van der Waals surface area contributed by atoms with Crippen molar-refractivity contribution in [2.75, 3.05) is 17.7 Å². The Morgan fingerprint density at radius 1 is 1.06 bits per heavy atom. The average Bonchev–Trinajstić information content (AvgIpc) is 2.36. The number of hydrogen-bond donors (Lipinski definition) is 2. The minimum Gasteiger partial charge on any atom is -0.357 e. The number of nitrogens with one attached hydrogen (secondary N) is 2. The lowest BCUT2D eigenvalue weighted by molar-refractivity contribution is 1.14. The highest BCUT2D eigenvalue weighted by Crippen LogP contribution is 2.34. The first-order chi connectivity index (χ1) is 8.61. The van der Waals surface area contributed by atoms with E-state index in [0.29, 0.717) is 11.8 Å². The molecule has 2 rings (SSSR count). The Morgan fingerprint density at radius 3 is 2.33 bits per heavy atom. The van der Waals surface area contributed by atoms with Crippen molar-refractivity contribution in [3.05, 3.63) is 37.8 Å². The molecule has 2 aromatic rings. The van der Waals surface area contributed by atoms with Gasteiger partial charge in [-0.15, -0.1) is 0 Å². The van der Waals surface area contributed by atoms with E-state index in [1.165, 1.54) is 0 Å². The Bertz CT molecular complexity index is 554. The van der Waals surface area contributed by atoms with E-state index in [2.05, 4.69) is 68.4 Å². The third-order valence-electron chi connectivity index (χ3n) is 2.17. The van der Waals surface area contributed by atoms with Crippen LogP contribution < -0.4 is 10.6 Å². The van der Waals surface area contributed by atoms with Gasteiger partial charge in [0.25, 0.3) is 0 Å². The first kappa shape index (κ1) is 13.8. The second-order valence-electron chi connectivity index (χ2n) is 3.36. The van der Waals surface area contributed by atoms with Gasteiger partial charge in [0.2, 0.25) is 5.95 Å². The molecule has 18 heavy (non-hydrogen) atoms. The van der Waals surface area contributed by atoms with Gasteiger partial charge in [-0.05, 0) is 59.9 Å². The standard InChI is InChI=1S/C11H9Br3N4/c1-15-11-16-5-8(14)10(18-11)17-9-6(12)3-2-4-7(9)13/h2-5H,1H3,(H2,15,16,17,18). The number of benzene rings is 1. The molecule has 94 valence electrons. The molecule has 0 spiro atoms. The fourth-order valence-electron chi connectivity index (χ4n) is 1.31. The smallest absolute Gasteiger partial charge is 0.224 e. The SMILES string of the molecule is CNc1ncc(Br)c(Nc2c(Br)cccc2Br)n1. The van der Waals surface area contributed by atoms with Crippen molar-refractivity contribution >= 4 is 65.2 Å². The molecule has 0 aliphatic rings. The van der Waals surface area contributed by atoms with Gasteiger partial charge in [-0.25, -0.2) is 4.98 Å². The highest BCUT2D eigenvalue weighted by Gasteiger charge is 2.09. The van der Waals surface area contributed by atoms with Crippen LogP contribution in [0.4, 0.5) is 17.5 Å². The molecule has 0 saturated carbocycles. The summed E-state index contributed by atoms with van der Waals surface area (Å²) in [6, 6.07) is 5.87. The number of halogens is 3. The Hall–Kier alpha value is -0.660. The monoisotopic (exact) mass is 434 g/mol. The average molecular weight is 437 g/mol. The third kappa shape index (κ3) is 3.02. The lowest BCUT2D eigenvalue weighted by Gasteiger charge is -2.12. The second kappa shape index (κ2) is 5.99. The van der Waals surface area contributed by atoms with Gasteiger partial charge in [0.05, 0.1) is 10.2 Å². The largest absolute Gasteiger partial charge is 0.357 e. The van der Waals surface area contributed by atoms with Crippen molar-refractivity contribution in [3.63, 3.8) is 0 Å². The van der Waals surface area contributed by atoms with Crippen LogP contribution in [0.1, 0.15) is 0 Å². The van der Waals surface area contributed by atoms with Gasteiger partial charge in [-0.3, -0.25) is 0 Å². The molecule has 0 atom stereocenters. The van der Waals surface area contributed by atoms with E-state index in [-0.39, 0.29) is 0 Å². The predicted molar refractivity (Wildman–Crippen MR) is 84.4 cm³/mol. The van der Waals surface area contributed by atoms with Crippen LogP contribution in [0.5, 0.6) is 0 Å². The quantitative estimate of drug-likeness (QED) is 0.741. The summed E-state index contributed by atoms with van der Waals surface area (Å²) in [4.78, 5) is 8.46. The number of rotatable bonds is 3. The molecule has 0 unspecified atom stereocenters. The zero-order valence-corrected chi connectivity index (χ0v) is 14.1. The van der Waals surface area contributed by atoms with Crippen LogP contribution in [0.3, 0.4) is 0 Å². The van der Waals surface area contributed by atoms with Crippen molar-refractivity contribution in [3.8, 4) is 0 Å². The molecule has 0 saturated heterocycles. The molecule has 1 aromatic carbocycles. The summed E-state index contributed by atoms with van der Waals surface area (Å²) in [6.45, 7) is 0. The fourth-order valence-corrected chi connectivity index (χ4v) is 2.80. The van der Waals surface area contributed by atoms with Crippen LogP contribution in [0, 0.1) is 0 Å². The van der Waals surface area contributed by atoms with Gasteiger partial charge in [0.1, 0.15) is 5.82 Å². The zero-order valence-electron chi connectivity index (χ0n) is 9.34. The molecule has 4 nitrogen and oxygen atoms in total. The topological polar surface area (TPSA) is 49.8 Å². The van der Waals surface area contributed by atoms with Crippen LogP contribution in [-0.2, 0) is 0 Å². The molecule has 0 radical (unpaired) electrons. The van der Waals surface area contributed by atoms with Gasteiger partial charge < -0.3 is 10.6 Å². The Morgan fingerprint density at radius 2 is 1.72 bits per heavy atom. The van der Waals surface area contributed by atoms with E-state index in [1.807, 2.05) is 18.2 Å². The van der Waals surface area contributed by atoms with E-state index in [9.17, 15) is 0 Å². The second-order valence-corrected chi connectivity index (χ2v) is 5.92. The van der Waals surface area contributed by atoms with E-state index < -0.39 is 0 Å². The fraction of sp³-hybridized carbons (Fsp3) is 0.0909. The molecular weight excluding hydrogens is 428 g/mol. The maximum Gasteiger partial charge on any atom is 0.224 e. The van der Waals surface area contributed by atoms with Gasteiger partial charge >= 0.3 is 0 Å². The van der Waals surface area contributed by atoms with Gasteiger partial charge in [0, 0.05) is 22.2 Å². The van der Waals surface area contributed by atoms with Gasteiger partial charge in [0.15, 0.2) is 0 Å². The minimum atomic E-state index is 0.559. The summed E-state index contributed by atoms with van der Waals surface area (Å²) < 4.78 is 2.70. The van der Waals surface area contributed by atoms with Crippen LogP contribution in [-0.4, -0.2) is 17.0 Å². The van der Waals surface area contributed by atoms with Crippen LogP contribution >= 0.6 is 47.8 Å². The number of aromatic nitrogens is 2. The maximum absolute atomic E-state index is 4.35. The van der Waals surface area contributed by atoms with Crippen molar-refractivity contribution in [2.45, 2.75) is 0 Å². The molecule has 2 N–H and O–H groups in total. The summed E-state index contributed by atoms with van der Waals surface area (Å²) in [6.07, 6.45) is 1.70. The summed E-state index contributed by atoms with van der Waals surface area (Å²) in [5.74, 6) is 1.26. The molecule has 0 fully saturated rings. The van der Waals surface area contributed by atoms with Crippen molar-refractivity contribution < 1.29 is 0 Å². The Kier molecular flexibility index (Phi) is 4.58. The van der Waals surface area contributed by atoms with Crippen molar-refractivity contribution in [2.24, 2.45) is 0 Å². The van der Waals surface area contributed by atoms with E-state index >= 15 is 0 Å². The Labute approximate surface area is 130 Å². The summed E-state index contributed by atoms with van der Waals surface area (Å²) in [7, 11) is 1.78. The molecule has 0 aliphatic heterocycles. The van der Waals surface area contributed by atoms with Crippen molar-refractivity contribution in [1.29, 1.82) is 0 Å². The van der Waals surface area contributed by atoms with Crippen LogP contribution in [0.2, 0.25) is 0 Å². The highest BCUT2D eigenvalue weighted by atomic mass is 79.9. The number of para-hydroxylation sites is 1. The molecule has 0 bridgehead atoms. The van der Waals surface area contributed by atoms with E-state index in [0.717, 1.165) is 19.1 Å². The normalized spacial score (nSPS) is 10.2. The van der Waals surface area contributed by atoms with Crippen molar-refractivity contribution in [1.82, 2.24) is 9.97 Å². The molecule has 0 aliphatic carbocycles. The predicted octanol–water partition coefficient (Wildman–Crippen LogP) is 4.55. The lowest BCUT2D eigenvalue weighted by atomic mass is 10.3. The Balaban J connectivity index is 2.39. The van der Waals surface area contributed by atoms with Gasteiger partial charge in [-0.1, -0.05) is 6.07 Å². The molecular formula is C11H9Br3N4.